The third-order valence-electron chi connectivity index (χ3n) is 4.19. The van der Waals surface area contributed by atoms with E-state index in [2.05, 4.69) is 29.2 Å². The molecule has 0 amide bonds. The van der Waals surface area contributed by atoms with Crippen molar-refractivity contribution in [3.05, 3.63) is 35.4 Å². The van der Waals surface area contributed by atoms with Gasteiger partial charge in [-0.3, -0.25) is 4.90 Å². The Kier molecular flexibility index (Phi) is 2.72. The molecule has 1 N–H and O–H groups in total. The number of likely N-dealkylation sites (tertiary alicyclic amines) is 1. The van der Waals surface area contributed by atoms with Crippen LogP contribution in [0.4, 0.5) is 0 Å². The quantitative estimate of drug-likeness (QED) is 0.843. The molecule has 92 valence electrons. The third-order valence-corrected chi connectivity index (χ3v) is 4.19. The molecule has 1 aromatic carbocycles. The molecule has 2 atom stereocenters. The Hall–Kier alpha value is -0.860. The van der Waals surface area contributed by atoms with Gasteiger partial charge in [0.2, 0.25) is 0 Å². The largest absolute Gasteiger partial charge is 0.389 e. The van der Waals surface area contributed by atoms with Gasteiger partial charge in [0.1, 0.15) is 0 Å². The van der Waals surface area contributed by atoms with E-state index in [1.54, 1.807) is 0 Å². The lowest BCUT2D eigenvalue weighted by molar-refractivity contribution is -0.0177. The second-order valence-electron chi connectivity index (χ2n) is 5.94. The Morgan fingerprint density at radius 3 is 3.00 bits per heavy atom. The lowest BCUT2D eigenvalue weighted by atomic mass is 9.77. The average molecular weight is 231 g/mol. The van der Waals surface area contributed by atoms with Gasteiger partial charge in [-0.2, -0.15) is 0 Å². The highest BCUT2D eigenvalue weighted by molar-refractivity contribution is 5.40. The third kappa shape index (κ3) is 2.24. The predicted molar refractivity (Wildman–Crippen MR) is 69.2 cm³/mol. The molecule has 2 heteroatoms. The lowest BCUT2D eigenvalue weighted by Gasteiger charge is -2.41. The first-order valence-corrected chi connectivity index (χ1v) is 6.67. The number of fused-ring (bicyclic) bond motifs is 1. The summed E-state index contributed by atoms with van der Waals surface area (Å²) in [5.74, 6) is 0.695. The average Bonchev–Trinajstić information content (AvgIpc) is 2.25. The minimum absolute atomic E-state index is 0.471. The van der Waals surface area contributed by atoms with Crippen molar-refractivity contribution in [3.63, 3.8) is 0 Å². The zero-order chi connectivity index (χ0) is 11.9. The van der Waals surface area contributed by atoms with Gasteiger partial charge in [0.15, 0.2) is 0 Å². The van der Waals surface area contributed by atoms with Crippen LogP contribution in [0.5, 0.6) is 0 Å². The first-order chi connectivity index (χ1) is 8.14. The molecular weight excluding hydrogens is 210 g/mol. The van der Waals surface area contributed by atoms with Gasteiger partial charge in [0.05, 0.1) is 5.60 Å². The number of aliphatic hydroxyl groups is 1. The summed E-state index contributed by atoms with van der Waals surface area (Å²) in [7, 11) is 0. The SMILES string of the molecule is CC1(O)CCCN(CC2Cc3ccccc32)C1. The number of benzene rings is 1. The van der Waals surface area contributed by atoms with Gasteiger partial charge < -0.3 is 5.11 Å². The first-order valence-electron chi connectivity index (χ1n) is 6.67. The molecule has 2 aliphatic rings. The van der Waals surface area contributed by atoms with Crippen LogP contribution in [0, 0.1) is 0 Å². The number of β-amino-alcohol motifs (C(OH)–C–C–N with tert-alkyl or cyclic N) is 1. The molecule has 0 spiro atoms. The highest BCUT2D eigenvalue weighted by Gasteiger charge is 2.32. The maximum Gasteiger partial charge on any atom is 0.0746 e. The van der Waals surface area contributed by atoms with E-state index in [0.717, 1.165) is 32.5 Å². The number of piperidine rings is 1. The maximum atomic E-state index is 10.1. The van der Waals surface area contributed by atoms with Crippen LogP contribution in [-0.2, 0) is 6.42 Å². The summed E-state index contributed by atoms with van der Waals surface area (Å²) in [6.07, 6.45) is 3.29. The highest BCUT2D eigenvalue weighted by atomic mass is 16.3. The standard InChI is InChI=1S/C15H21NO/c1-15(17)7-4-8-16(11-15)10-13-9-12-5-2-3-6-14(12)13/h2-3,5-6,13,17H,4,7-11H2,1H3. The van der Waals surface area contributed by atoms with E-state index in [1.807, 2.05) is 6.92 Å². The molecule has 3 rings (SSSR count). The van der Waals surface area contributed by atoms with Crippen molar-refractivity contribution in [1.82, 2.24) is 4.90 Å². The van der Waals surface area contributed by atoms with Crippen LogP contribution in [0.25, 0.3) is 0 Å². The summed E-state index contributed by atoms with van der Waals surface area (Å²) >= 11 is 0. The van der Waals surface area contributed by atoms with Gasteiger partial charge in [0.25, 0.3) is 0 Å². The Morgan fingerprint density at radius 1 is 1.41 bits per heavy atom. The van der Waals surface area contributed by atoms with Gasteiger partial charge in [-0.15, -0.1) is 0 Å². The Balaban J connectivity index is 1.62. The van der Waals surface area contributed by atoms with Crippen LogP contribution in [-0.4, -0.2) is 35.2 Å². The van der Waals surface area contributed by atoms with E-state index >= 15 is 0 Å². The fraction of sp³-hybridized carbons (Fsp3) is 0.600. The molecule has 0 radical (unpaired) electrons. The smallest absolute Gasteiger partial charge is 0.0746 e. The van der Waals surface area contributed by atoms with Crippen LogP contribution in [0.3, 0.4) is 0 Å². The van der Waals surface area contributed by atoms with Crippen LogP contribution in [0.1, 0.15) is 36.8 Å². The zero-order valence-corrected chi connectivity index (χ0v) is 10.5. The molecule has 1 heterocycles. The van der Waals surface area contributed by atoms with E-state index < -0.39 is 5.60 Å². The molecule has 1 aromatic rings. The molecular formula is C15H21NO. The van der Waals surface area contributed by atoms with Crippen molar-refractivity contribution >= 4 is 0 Å². The van der Waals surface area contributed by atoms with Crippen LogP contribution in [0.2, 0.25) is 0 Å². The van der Waals surface area contributed by atoms with E-state index in [-0.39, 0.29) is 0 Å². The van der Waals surface area contributed by atoms with Gasteiger partial charge in [0, 0.05) is 19.0 Å². The summed E-state index contributed by atoms with van der Waals surface area (Å²) in [5.41, 5.74) is 2.57. The maximum absolute atomic E-state index is 10.1. The van der Waals surface area contributed by atoms with Crippen LogP contribution in [0.15, 0.2) is 24.3 Å². The van der Waals surface area contributed by atoms with E-state index in [1.165, 1.54) is 17.5 Å². The van der Waals surface area contributed by atoms with Crippen molar-refractivity contribution < 1.29 is 5.11 Å². The molecule has 0 aromatic heterocycles. The molecule has 1 fully saturated rings. The summed E-state index contributed by atoms with van der Waals surface area (Å²) in [4.78, 5) is 2.43. The molecule has 2 nitrogen and oxygen atoms in total. The Bertz CT molecular complexity index is 413. The van der Waals surface area contributed by atoms with Crippen molar-refractivity contribution in [2.75, 3.05) is 19.6 Å². The number of nitrogens with zero attached hydrogens (tertiary/aromatic N) is 1. The monoisotopic (exact) mass is 231 g/mol. The number of hydrogen-bond acceptors (Lipinski definition) is 2. The summed E-state index contributed by atoms with van der Waals surface area (Å²) < 4.78 is 0. The van der Waals surface area contributed by atoms with Crippen molar-refractivity contribution in [2.45, 2.75) is 37.7 Å². The Labute approximate surface area is 103 Å². The van der Waals surface area contributed by atoms with Gasteiger partial charge >= 0.3 is 0 Å². The fourth-order valence-electron chi connectivity index (χ4n) is 3.32. The molecule has 2 unspecified atom stereocenters. The minimum Gasteiger partial charge on any atom is -0.389 e. The van der Waals surface area contributed by atoms with Gasteiger partial charge in [-0.05, 0) is 43.9 Å². The molecule has 1 aliphatic carbocycles. The molecule has 1 saturated heterocycles. The first kappa shape index (κ1) is 11.2. The molecule has 0 saturated carbocycles. The van der Waals surface area contributed by atoms with Crippen molar-refractivity contribution in [2.24, 2.45) is 0 Å². The number of hydrogen-bond donors (Lipinski definition) is 1. The van der Waals surface area contributed by atoms with Crippen LogP contribution < -0.4 is 0 Å². The van der Waals surface area contributed by atoms with Gasteiger partial charge in [-0.25, -0.2) is 0 Å². The Morgan fingerprint density at radius 2 is 2.24 bits per heavy atom. The topological polar surface area (TPSA) is 23.5 Å². The van der Waals surface area contributed by atoms with Crippen molar-refractivity contribution in [1.29, 1.82) is 0 Å². The second kappa shape index (κ2) is 4.11. The molecule has 0 bridgehead atoms. The second-order valence-corrected chi connectivity index (χ2v) is 5.94. The summed E-state index contributed by atoms with van der Waals surface area (Å²) in [5, 5.41) is 10.1. The lowest BCUT2D eigenvalue weighted by Crippen LogP contribution is -2.48. The van der Waals surface area contributed by atoms with Gasteiger partial charge in [-0.1, -0.05) is 24.3 Å². The summed E-state index contributed by atoms with van der Waals surface area (Å²) in [6.45, 7) is 5.07. The van der Waals surface area contributed by atoms with E-state index in [4.69, 9.17) is 0 Å². The fourth-order valence-corrected chi connectivity index (χ4v) is 3.32. The highest BCUT2D eigenvalue weighted by Crippen LogP contribution is 2.36. The van der Waals surface area contributed by atoms with Crippen LogP contribution >= 0.6 is 0 Å². The van der Waals surface area contributed by atoms with E-state index in [0.29, 0.717) is 5.92 Å². The minimum atomic E-state index is -0.471. The normalized spacial score (nSPS) is 32.9. The van der Waals surface area contributed by atoms with E-state index in [9.17, 15) is 5.11 Å². The van der Waals surface area contributed by atoms with Crippen molar-refractivity contribution in [3.8, 4) is 0 Å². The summed E-state index contributed by atoms with van der Waals surface area (Å²) in [6, 6.07) is 8.75. The zero-order valence-electron chi connectivity index (χ0n) is 10.5. The predicted octanol–water partition coefficient (Wildman–Crippen LogP) is 2.17. The number of rotatable bonds is 2. The molecule has 17 heavy (non-hydrogen) atoms. The molecule has 1 aliphatic heterocycles.